The monoisotopic (exact) mass is 310 g/mol. The molecule has 0 spiro atoms. The van der Waals surface area contributed by atoms with Crippen LogP contribution in [0.2, 0.25) is 0 Å². The average molecular weight is 310 g/mol. The number of anilines is 2. The molecule has 23 heavy (non-hydrogen) atoms. The highest BCUT2D eigenvalue weighted by atomic mass is 16.5. The minimum atomic E-state index is -0.0668. The number of para-hydroxylation sites is 2. The zero-order valence-electron chi connectivity index (χ0n) is 13.1. The third-order valence-electron chi connectivity index (χ3n) is 4.15. The highest BCUT2D eigenvalue weighted by Gasteiger charge is 2.25. The van der Waals surface area contributed by atoms with Crippen LogP contribution in [0.3, 0.4) is 0 Å². The molecule has 2 atom stereocenters. The van der Waals surface area contributed by atoms with Crippen LogP contribution in [0.15, 0.2) is 60.7 Å². The highest BCUT2D eigenvalue weighted by Crippen LogP contribution is 2.26. The van der Waals surface area contributed by atoms with Crippen LogP contribution in [0.5, 0.6) is 0 Å². The van der Waals surface area contributed by atoms with E-state index in [0.29, 0.717) is 0 Å². The van der Waals surface area contributed by atoms with Gasteiger partial charge >= 0.3 is 0 Å². The van der Waals surface area contributed by atoms with Gasteiger partial charge in [0.25, 0.3) is 5.91 Å². The van der Waals surface area contributed by atoms with Crippen molar-refractivity contribution in [1.29, 1.82) is 0 Å². The summed E-state index contributed by atoms with van der Waals surface area (Å²) < 4.78 is 5.79. The number of hydrogen-bond acceptors (Lipinski definition) is 3. The van der Waals surface area contributed by atoms with Crippen LogP contribution in [0.4, 0.5) is 11.4 Å². The molecule has 2 N–H and O–H groups in total. The van der Waals surface area contributed by atoms with Crippen molar-refractivity contribution in [3.63, 3.8) is 0 Å². The molecule has 1 saturated carbocycles. The lowest BCUT2D eigenvalue weighted by Gasteiger charge is -2.24. The van der Waals surface area contributed by atoms with Crippen LogP contribution in [0, 0.1) is 0 Å². The van der Waals surface area contributed by atoms with Gasteiger partial charge in [-0.25, -0.2) is 0 Å². The summed E-state index contributed by atoms with van der Waals surface area (Å²) in [6.45, 7) is 0.0706. The first kappa shape index (κ1) is 15.7. The summed E-state index contributed by atoms with van der Waals surface area (Å²) in [7, 11) is 0. The molecule has 2 aromatic carbocycles. The van der Waals surface area contributed by atoms with E-state index in [1.54, 1.807) is 4.90 Å². The van der Waals surface area contributed by atoms with Gasteiger partial charge in [0.1, 0.15) is 6.61 Å². The second-order valence-corrected chi connectivity index (χ2v) is 5.91. The van der Waals surface area contributed by atoms with E-state index in [-0.39, 0.29) is 24.7 Å². The summed E-state index contributed by atoms with van der Waals surface area (Å²) in [5, 5.41) is 0. The predicted molar refractivity (Wildman–Crippen MR) is 91.6 cm³/mol. The van der Waals surface area contributed by atoms with E-state index in [1.807, 2.05) is 60.7 Å². The maximum absolute atomic E-state index is 12.8. The summed E-state index contributed by atoms with van der Waals surface area (Å²) in [6, 6.07) is 19.5. The first-order valence-electron chi connectivity index (χ1n) is 8.04. The third kappa shape index (κ3) is 3.97. The number of hydrogen-bond donors (Lipinski definition) is 1. The Morgan fingerprint density at radius 3 is 2.04 bits per heavy atom. The molecule has 2 aromatic rings. The maximum Gasteiger partial charge on any atom is 0.257 e. The molecule has 1 aliphatic rings. The fraction of sp³-hybridized carbons (Fsp3) is 0.316. The number of amides is 1. The molecule has 4 heteroatoms. The summed E-state index contributed by atoms with van der Waals surface area (Å²) in [5.74, 6) is -0.0668. The first-order chi connectivity index (χ1) is 11.2. The number of nitrogens with two attached hydrogens (primary N) is 1. The van der Waals surface area contributed by atoms with E-state index >= 15 is 0 Å². The van der Waals surface area contributed by atoms with E-state index in [0.717, 1.165) is 30.6 Å². The predicted octanol–water partition coefficient (Wildman–Crippen LogP) is 3.25. The van der Waals surface area contributed by atoms with Crippen molar-refractivity contribution in [2.75, 3.05) is 11.5 Å². The first-order valence-corrected chi connectivity index (χ1v) is 8.04. The van der Waals surface area contributed by atoms with Crippen molar-refractivity contribution in [2.45, 2.75) is 31.4 Å². The Bertz CT molecular complexity index is 591. The Morgan fingerprint density at radius 1 is 1.00 bits per heavy atom. The van der Waals surface area contributed by atoms with Gasteiger partial charge in [0.05, 0.1) is 6.10 Å². The normalized spacial score (nSPS) is 20.4. The number of nitrogens with zero attached hydrogens (tertiary/aromatic N) is 1. The molecule has 1 aliphatic carbocycles. The Balaban J connectivity index is 1.74. The van der Waals surface area contributed by atoms with Crippen LogP contribution in [-0.2, 0) is 9.53 Å². The minimum absolute atomic E-state index is 0.0668. The van der Waals surface area contributed by atoms with Crippen LogP contribution in [0.1, 0.15) is 19.3 Å². The molecule has 0 radical (unpaired) electrons. The van der Waals surface area contributed by atoms with Crippen molar-refractivity contribution >= 4 is 17.3 Å². The zero-order chi connectivity index (χ0) is 16.1. The molecule has 1 fully saturated rings. The van der Waals surface area contributed by atoms with Gasteiger partial charge in [-0.05, 0) is 43.5 Å². The second kappa shape index (κ2) is 7.40. The standard InChI is InChI=1S/C19H22N2O2/c20-15-11-12-18(13-15)23-14-19(22)21(16-7-3-1-4-8-16)17-9-5-2-6-10-17/h1-10,15,18H,11-14,20H2. The van der Waals surface area contributed by atoms with Gasteiger partial charge < -0.3 is 10.5 Å². The Kier molecular flexibility index (Phi) is 5.05. The van der Waals surface area contributed by atoms with Crippen molar-refractivity contribution in [2.24, 2.45) is 5.73 Å². The maximum atomic E-state index is 12.8. The fourth-order valence-corrected chi connectivity index (χ4v) is 2.97. The topological polar surface area (TPSA) is 55.6 Å². The Labute approximate surface area is 136 Å². The second-order valence-electron chi connectivity index (χ2n) is 5.91. The molecule has 0 aromatic heterocycles. The quantitative estimate of drug-likeness (QED) is 0.922. The average Bonchev–Trinajstić information content (AvgIpc) is 3.01. The van der Waals surface area contributed by atoms with Crippen LogP contribution < -0.4 is 10.6 Å². The van der Waals surface area contributed by atoms with Gasteiger partial charge in [0.15, 0.2) is 0 Å². The summed E-state index contributed by atoms with van der Waals surface area (Å²) in [6.07, 6.45) is 2.84. The van der Waals surface area contributed by atoms with E-state index < -0.39 is 0 Å². The Hall–Kier alpha value is -2.17. The van der Waals surface area contributed by atoms with Crippen LogP contribution in [-0.4, -0.2) is 24.7 Å². The fourth-order valence-electron chi connectivity index (χ4n) is 2.97. The van der Waals surface area contributed by atoms with Gasteiger partial charge in [0, 0.05) is 17.4 Å². The third-order valence-corrected chi connectivity index (χ3v) is 4.15. The zero-order valence-corrected chi connectivity index (χ0v) is 13.1. The molecule has 2 unspecified atom stereocenters. The SMILES string of the molecule is NC1CCC(OCC(=O)N(c2ccccc2)c2ccccc2)C1. The summed E-state index contributed by atoms with van der Waals surface area (Å²) >= 11 is 0. The number of carbonyl (C=O) groups excluding carboxylic acids is 1. The van der Waals surface area contributed by atoms with Crippen molar-refractivity contribution in [1.82, 2.24) is 0 Å². The van der Waals surface area contributed by atoms with E-state index in [1.165, 1.54) is 0 Å². The van der Waals surface area contributed by atoms with E-state index in [9.17, 15) is 4.79 Å². The molecule has 0 saturated heterocycles. The molecule has 3 rings (SSSR count). The number of benzene rings is 2. The molecule has 0 bridgehead atoms. The van der Waals surface area contributed by atoms with Crippen LogP contribution >= 0.6 is 0 Å². The van der Waals surface area contributed by atoms with Gasteiger partial charge in [0.2, 0.25) is 0 Å². The van der Waals surface area contributed by atoms with Gasteiger partial charge in [-0.15, -0.1) is 0 Å². The molecule has 1 amide bonds. The number of ether oxygens (including phenoxy) is 1. The lowest BCUT2D eigenvalue weighted by Crippen LogP contribution is -2.31. The molecule has 0 heterocycles. The van der Waals surface area contributed by atoms with Crippen molar-refractivity contribution < 1.29 is 9.53 Å². The molecule has 0 aliphatic heterocycles. The lowest BCUT2D eigenvalue weighted by atomic mass is 10.2. The largest absolute Gasteiger partial charge is 0.368 e. The highest BCUT2D eigenvalue weighted by molar-refractivity contribution is 6.01. The van der Waals surface area contributed by atoms with Gasteiger partial charge in [-0.1, -0.05) is 36.4 Å². The lowest BCUT2D eigenvalue weighted by molar-refractivity contribution is -0.124. The van der Waals surface area contributed by atoms with Gasteiger partial charge in [-0.2, -0.15) is 0 Å². The van der Waals surface area contributed by atoms with Crippen molar-refractivity contribution in [3.05, 3.63) is 60.7 Å². The smallest absolute Gasteiger partial charge is 0.257 e. The minimum Gasteiger partial charge on any atom is -0.368 e. The van der Waals surface area contributed by atoms with E-state index in [2.05, 4.69) is 0 Å². The molecule has 120 valence electrons. The number of carbonyl (C=O) groups is 1. The Morgan fingerprint density at radius 2 is 1.57 bits per heavy atom. The molecular weight excluding hydrogens is 288 g/mol. The summed E-state index contributed by atoms with van der Waals surface area (Å²) in [5.41, 5.74) is 7.58. The molecule has 4 nitrogen and oxygen atoms in total. The summed E-state index contributed by atoms with van der Waals surface area (Å²) in [4.78, 5) is 14.5. The number of rotatable bonds is 5. The van der Waals surface area contributed by atoms with Gasteiger partial charge in [-0.3, -0.25) is 9.69 Å². The van der Waals surface area contributed by atoms with Crippen LogP contribution in [0.25, 0.3) is 0 Å². The van der Waals surface area contributed by atoms with E-state index in [4.69, 9.17) is 10.5 Å². The van der Waals surface area contributed by atoms with Crippen molar-refractivity contribution in [3.8, 4) is 0 Å². The molecular formula is C19H22N2O2.